The van der Waals surface area contributed by atoms with Gasteiger partial charge in [0, 0.05) is 10.5 Å². The fraction of sp³-hybridized carbons (Fsp3) is 0.533. The summed E-state index contributed by atoms with van der Waals surface area (Å²) in [6.07, 6.45) is 5.10. The zero-order chi connectivity index (χ0) is 13.1. The van der Waals surface area contributed by atoms with Gasteiger partial charge in [-0.05, 0) is 60.7 Å². The summed E-state index contributed by atoms with van der Waals surface area (Å²) in [6.45, 7) is 4.13. The van der Waals surface area contributed by atoms with Crippen LogP contribution in [0.25, 0.3) is 0 Å². The molecule has 1 aromatic carbocycles. The molecule has 2 nitrogen and oxygen atoms in total. The molecule has 18 heavy (non-hydrogen) atoms. The Labute approximate surface area is 117 Å². The highest BCUT2D eigenvalue weighted by molar-refractivity contribution is 9.10. The highest BCUT2D eigenvalue weighted by atomic mass is 79.9. The Bertz CT molecular complexity index is 438. The minimum Gasteiger partial charge on any atom is -0.349 e. The Morgan fingerprint density at radius 1 is 1.39 bits per heavy atom. The van der Waals surface area contributed by atoms with Crippen LogP contribution in [0.2, 0.25) is 0 Å². The molecule has 0 bridgehead atoms. The topological polar surface area (TPSA) is 29.1 Å². The first-order chi connectivity index (χ1) is 8.58. The van der Waals surface area contributed by atoms with E-state index in [0.29, 0.717) is 5.92 Å². The molecular weight excluding hydrogens is 290 g/mol. The van der Waals surface area contributed by atoms with E-state index in [4.69, 9.17) is 0 Å². The number of benzene rings is 1. The molecule has 1 fully saturated rings. The standard InChI is InChI=1S/C15H20BrNO/c1-10-7-8-14(16)13(9-10)15(18)17-11(2)12-5-3-4-6-12/h7-9,11-12H,3-6H2,1-2H3,(H,17,18). The first-order valence-electron chi connectivity index (χ1n) is 6.65. The molecule has 1 saturated carbocycles. The van der Waals surface area contributed by atoms with Crippen molar-refractivity contribution in [1.29, 1.82) is 0 Å². The second-order valence-corrected chi connectivity index (χ2v) is 6.14. The zero-order valence-electron chi connectivity index (χ0n) is 11.0. The summed E-state index contributed by atoms with van der Waals surface area (Å²) >= 11 is 3.44. The van der Waals surface area contributed by atoms with Crippen molar-refractivity contribution >= 4 is 21.8 Å². The molecule has 1 aliphatic carbocycles. The van der Waals surface area contributed by atoms with Crippen LogP contribution in [0, 0.1) is 12.8 Å². The Kier molecular flexibility index (Phi) is 4.44. The Morgan fingerprint density at radius 2 is 2.06 bits per heavy atom. The van der Waals surface area contributed by atoms with Gasteiger partial charge in [-0.2, -0.15) is 0 Å². The van der Waals surface area contributed by atoms with Crippen LogP contribution in [-0.2, 0) is 0 Å². The maximum absolute atomic E-state index is 12.2. The maximum Gasteiger partial charge on any atom is 0.252 e. The average molecular weight is 310 g/mol. The molecule has 0 saturated heterocycles. The van der Waals surface area contributed by atoms with Gasteiger partial charge in [-0.15, -0.1) is 0 Å². The van der Waals surface area contributed by atoms with Crippen LogP contribution in [-0.4, -0.2) is 11.9 Å². The molecule has 1 aliphatic rings. The molecule has 1 N–H and O–H groups in total. The van der Waals surface area contributed by atoms with Gasteiger partial charge >= 0.3 is 0 Å². The van der Waals surface area contributed by atoms with E-state index in [2.05, 4.69) is 28.2 Å². The third-order valence-corrected chi connectivity index (χ3v) is 4.52. The van der Waals surface area contributed by atoms with Gasteiger partial charge in [0.1, 0.15) is 0 Å². The van der Waals surface area contributed by atoms with Gasteiger partial charge in [0.05, 0.1) is 5.56 Å². The van der Waals surface area contributed by atoms with Crippen LogP contribution in [0.1, 0.15) is 48.5 Å². The van der Waals surface area contributed by atoms with E-state index in [1.54, 1.807) is 0 Å². The first kappa shape index (κ1) is 13.6. The lowest BCUT2D eigenvalue weighted by Gasteiger charge is -2.20. The highest BCUT2D eigenvalue weighted by Gasteiger charge is 2.23. The Hall–Kier alpha value is -0.830. The van der Waals surface area contributed by atoms with E-state index in [-0.39, 0.29) is 11.9 Å². The van der Waals surface area contributed by atoms with Crippen LogP contribution in [0.4, 0.5) is 0 Å². The van der Waals surface area contributed by atoms with E-state index in [1.807, 2.05) is 25.1 Å². The lowest BCUT2D eigenvalue weighted by molar-refractivity contribution is 0.0926. The smallest absolute Gasteiger partial charge is 0.252 e. The summed E-state index contributed by atoms with van der Waals surface area (Å²) in [5.41, 5.74) is 1.84. The summed E-state index contributed by atoms with van der Waals surface area (Å²) in [5.74, 6) is 0.683. The predicted molar refractivity (Wildman–Crippen MR) is 77.8 cm³/mol. The van der Waals surface area contributed by atoms with Gasteiger partial charge in [0.15, 0.2) is 0 Å². The zero-order valence-corrected chi connectivity index (χ0v) is 12.6. The number of rotatable bonds is 3. The van der Waals surface area contributed by atoms with Crippen molar-refractivity contribution in [2.75, 3.05) is 0 Å². The molecule has 1 unspecified atom stereocenters. The van der Waals surface area contributed by atoms with Crippen LogP contribution >= 0.6 is 15.9 Å². The molecule has 0 aliphatic heterocycles. The number of hydrogen-bond acceptors (Lipinski definition) is 1. The summed E-state index contributed by atoms with van der Waals surface area (Å²) < 4.78 is 0.865. The Balaban J connectivity index is 2.04. The lowest BCUT2D eigenvalue weighted by Crippen LogP contribution is -2.37. The van der Waals surface area contributed by atoms with Crippen molar-refractivity contribution in [1.82, 2.24) is 5.32 Å². The minimum absolute atomic E-state index is 0.0324. The normalized spacial score (nSPS) is 17.7. The molecule has 0 radical (unpaired) electrons. The van der Waals surface area contributed by atoms with Crippen molar-refractivity contribution in [2.24, 2.45) is 5.92 Å². The van der Waals surface area contributed by atoms with Crippen LogP contribution in [0.5, 0.6) is 0 Å². The van der Waals surface area contributed by atoms with Crippen molar-refractivity contribution in [3.63, 3.8) is 0 Å². The molecule has 1 atom stereocenters. The van der Waals surface area contributed by atoms with E-state index >= 15 is 0 Å². The van der Waals surface area contributed by atoms with E-state index < -0.39 is 0 Å². The SMILES string of the molecule is Cc1ccc(Br)c(C(=O)NC(C)C2CCCC2)c1. The predicted octanol–water partition coefficient (Wildman–Crippen LogP) is 4.07. The largest absolute Gasteiger partial charge is 0.349 e. The summed E-state index contributed by atoms with van der Waals surface area (Å²) in [4.78, 5) is 12.2. The molecule has 1 aromatic rings. The average Bonchev–Trinajstić information content (AvgIpc) is 2.85. The Morgan fingerprint density at radius 3 is 2.72 bits per heavy atom. The van der Waals surface area contributed by atoms with Crippen LogP contribution in [0.15, 0.2) is 22.7 Å². The lowest BCUT2D eigenvalue weighted by atomic mass is 9.99. The third kappa shape index (κ3) is 3.14. The van der Waals surface area contributed by atoms with Crippen molar-refractivity contribution in [3.8, 4) is 0 Å². The molecule has 98 valence electrons. The number of halogens is 1. The molecule has 3 heteroatoms. The highest BCUT2D eigenvalue weighted by Crippen LogP contribution is 2.28. The van der Waals surface area contributed by atoms with Crippen LogP contribution in [0.3, 0.4) is 0 Å². The van der Waals surface area contributed by atoms with Crippen molar-refractivity contribution < 1.29 is 4.79 Å². The summed E-state index contributed by atoms with van der Waals surface area (Å²) in [7, 11) is 0. The minimum atomic E-state index is 0.0324. The fourth-order valence-electron chi connectivity index (χ4n) is 2.67. The maximum atomic E-state index is 12.2. The monoisotopic (exact) mass is 309 g/mol. The van der Waals surface area contributed by atoms with Gasteiger partial charge in [-0.1, -0.05) is 24.5 Å². The number of aryl methyl sites for hydroxylation is 1. The van der Waals surface area contributed by atoms with Gasteiger partial charge in [0.2, 0.25) is 0 Å². The number of carbonyl (C=O) groups is 1. The molecule has 2 rings (SSSR count). The number of amides is 1. The van der Waals surface area contributed by atoms with Gasteiger partial charge in [-0.25, -0.2) is 0 Å². The van der Waals surface area contributed by atoms with Gasteiger partial charge in [0.25, 0.3) is 5.91 Å². The van der Waals surface area contributed by atoms with E-state index in [0.717, 1.165) is 15.6 Å². The third-order valence-electron chi connectivity index (χ3n) is 3.83. The van der Waals surface area contributed by atoms with Gasteiger partial charge in [-0.3, -0.25) is 4.79 Å². The second kappa shape index (κ2) is 5.87. The van der Waals surface area contributed by atoms with Crippen LogP contribution < -0.4 is 5.32 Å². The number of hydrogen-bond donors (Lipinski definition) is 1. The second-order valence-electron chi connectivity index (χ2n) is 5.29. The summed E-state index contributed by atoms with van der Waals surface area (Å²) in [6, 6.07) is 6.14. The molecular formula is C15H20BrNO. The fourth-order valence-corrected chi connectivity index (χ4v) is 3.10. The number of nitrogens with one attached hydrogen (secondary N) is 1. The number of carbonyl (C=O) groups excluding carboxylic acids is 1. The van der Waals surface area contributed by atoms with Crippen molar-refractivity contribution in [2.45, 2.75) is 45.6 Å². The molecule has 0 aromatic heterocycles. The molecule has 1 amide bonds. The van der Waals surface area contributed by atoms with Gasteiger partial charge < -0.3 is 5.32 Å². The molecule has 0 spiro atoms. The molecule has 0 heterocycles. The van der Waals surface area contributed by atoms with E-state index in [1.165, 1.54) is 25.7 Å². The quantitative estimate of drug-likeness (QED) is 0.896. The van der Waals surface area contributed by atoms with Crippen molar-refractivity contribution in [3.05, 3.63) is 33.8 Å². The first-order valence-corrected chi connectivity index (χ1v) is 7.44. The summed E-state index contributed by atoms with van der Waals surface area (Å²) in [5, 5.41) is 3.14. The van der Waals surface area contributed by atoms with E-state index in [9.17, 15) is 4.79 Å².